The van der Waals surface area contributed by atoms with E-state index in [1.807, 2.05) is 30.3 Å². The molecule has 0 bridgehead atoms. The molecule has 174 valence electrons. The fraction of sp³-hybridized carbons (Fsp3) is 0.231. The summed E-state index contributed by atoms with van der Waals surface area (Å²) < 4.78 is 0. The van der Waals surface area contributed by atoms with Crippen LogP contribution >= 0.6 is 11.8 Å². The monoisotopic (exact) mass is 475 g/mol. The Hall–Kier alpha value is -3.65. The fourth-order valence-electron chi connectivity index (χ4n) is 3.81. The largest absolute Gasteiger partial charge is 0.322 e. The van der Waals surface area contributed by atoms with E-state index in [1.54, 1.807) is 11.0 Å². The molecule has 1 heterocycles. The molecule has 1 fully saturated rings. The molecular weight excluding hydrogens is 450 g/mol. The van der Waals surface area contributed by atoms with Gasteiger partial charge in [-0.1, -0.05) is 51.1 Å². The Balaban J connectivity index is 1.56. The van der Waals surface area contributed by atoms with Crippen LogP contribution in [0.1, 0.15) is 47.6 Å². The summed E-state index contributed by atoms with van der Waals surface area (Å²) in [5.74, 6) is -0.0363. The van der Waals surface area contributed by atoms with Gasteiger partial charge in [-0.3, -0.25) is 24.6 Å². The van der Waals surface area contributed by atoms with Gasteiger partial charge in [0.25, 0.3) is 11.6 Å². The van der Waals surface area contributed by atoms with E-state index in [-0.39, 0.29) is 27.9 Å². The highest BCUT2D eigenvalue weighted by Crippen LogP contribution is 2.42. The molecule has 1 saturated heterocycles. The molecule has 1 aliphatic rings. The van der Waals surface area contributed by atoms with Crippen molar-refractivity contribution in [2.45, 2.75) is 31.6 Å². The number of anilines is 2. The number of non-ortho nitro benzene ring substituents is 1. The van der Waals surface area contributed by atoms with Crippen molar-refractivity contribution in [2.75, 3.05) is 16.0 Å². The first-order valence-corrected chi connectivity index (χ1v) is 11.9. The van der Waals surface area contributed by atoms with Gasteiger partial charge in [0.1, 0.15) is 5.37 Å². The summed E-state index contributed by atoms with van der Waals surface area (Å²) in [6.07, 6.45) is 0. The summed E-state index contributed by atoms with van der Waals surface area (Å²) in [5.41, 5.74) is 3.54. The second-order valence-electron chi connectivity index (χ2n) is 9.11. The molecular formula is C26H25N3O4S. The summed E-state index contributed by atoms with van der Waals surface area (Å²) in [4.78, 5) is 37.7. The van der Waals surface area contributed by atoms with Gasteiger partial charge in [0.15, 0.2) is 0 Å². The zero-order chi connectivity index (χ0) is 24.5. The second-order valence-corrected chi connectivity index (χ2v) is 10.2. The first-order valence-electron chi connectivity index (χ1n) is 10.8. The van der Waals surface area contributed by atoms with Crippen molar-refractivity contribution in [1.82, 2.24) is 0 Å². The number of hydrogen-bond acceptors (Lipinski definition) is 5. The molecule has 2 amide bonds. The predicted octanol–water partition coefficient (Wildman–Crippen LogP) is 5.92. The van der Waals surface area contributed by atoms with Crippen LogP contribution in [-0.2, 0) is 10.2 Å². The summed E-state index contributed by atoms with van der Waals surface area (Å²) in [6, 6.07) is 21.0. The second kappa shape index (κ2) is 9.30. The number of carbonyl (C=O) groups excluding carboxylic acids is 2. The molecule has 8 heteroatoms. The summed E-state index contributed by atoms with van der Waals surface area (Å²) >= 11 is 1.53. The molecule has 1 aliphatic heterocycles. The van der Waals surface area contributed by atoms with Gasteiger partial charge in [-0.2, -0.15) is 0 Å². The molecule has 1 atom stereocenters. The van der Waals surface area contributed by atoms with Crippen LogP contribution in [0.2, 0.25) is 0 Å². The zero-order valence-electron chi connectivity index (χ0n) is 19.1. The first-order chi connectivity index (χ1) is 16.1. The van der Waals surface area contributed by atoms with Gasteiger partial charge in [0.2, 0.25) is 5.91 Å². The molecule has 0 spiro atoms. The van der Waals surface area contributed by atoms with Gasteiger partial charge in [0, 0.05) is 29.1 Å². The van der Waals surface area contributed by atoms with Crippen LogP contribution in [0.15, 0.2) is 72.8 Å². The van der Waals surface area contributed by atoms with Gasteiger partial charge in [-0.25, -0.2) is 0 Å². The van der Waals surface area contributed by atoms with Crippen LogP contribution in [0.4, 0.5) is 17.1 Å². The van der Waals surface area contributed by atoms with Crippen molar-refractivity contribution in [3.8, 4) is 0 Å². The maximum atomic E-state index is 12.8. The van der Waals surface area contributed by atoms with Gasteiger partial charge in [0.05, 0.1) is 10.7 Å². The number of nitrogens with one attached hydrogen (secondary N) is 1. The maximum absolute atomic E-state index is 12.8. The fourth-order valence-corrected chi connectivity index (χ4v) is 4.97. The average Bonchev–Trinajstić information content (AvgIpc) is 3.20. The standard InChI is InChI=1S/C26H25N3O4S/c1-26(2,3)19-10-12-21(13-11-19)28-23(30)16-34-25(28)18-7-4-8-20(14-18)27-24(31)17-6-5-9-22(15-17)29(32)33/h4-15,25H,16H2,1-3H3,(H,27,31)/t25-/m0/s1. The summed E-state index contributed by atoms with van der Waals surface area (Å²) in [5, 5.41) is 13.6. The third-order valence-corrected chi connectivity index (χ3v) is 6.84. The highest BCUT2D eigenvalue weighted by molar-refractivity contribution is 8.00. The molecule has 4 rings (SSSR count). The number of nitro benzene ring substituents is 1. The van der Waals surface area contributed by atoms with Crippen LogP contribution in [0.25, 0.3) is 0 Å². The van der Waals surface area contributed by atoms with E-state index in [9.17, 15) is 19.7 Å². The number of benzene rings is 3. The number of carbonyl (C=O) groups is 2. The highest BCUT2D eigenvalue weighted by atomic mass is 32.2. The Morgan fingerprint density at radius 3 is 2.44 bits per heavy atom. The Morgan fingerprint density at radius 1 is 1.06 bits per heavy atom. The van der Waals surface area contributed by atoms with Gasteiger partial charge in [-0.05, 0) is 46.9 Å². The van der Waals surface area contributed by atoms with E-state index >= 15 is 0 Å². The third-order valence-electron chi connectivity index (χ3n) is 5.63. The van der Waals surface area contributed by atoms with Gasteiger partial charge >= 0.3 is 0 Å². The predicted molar refractivity (Wildman–Crippen MR) is 135 cm³/mol. The normalized spacial score (nSPS) is 15.9. The number of rotatable bonds is 5. The number of nitrogens with zero attached hydrogens (tertiary/aromatic N) is 2. The van der Waals surface area contributed by atoms with E-state index in [4.69, 9.17) is 0 Å². The molecule has 0 unspecified atom stereocenters. The minimum atomic E-state index is -0.533. The van der Waals surface area contributed by atoms with Crippen molar-refractivity contribution in [1.29, 1.82) is 0 Å². The van der Waals surface area contributed by atoms with Crippen LogP contribution in [0, 0.1) is 10.1 Å². The molecule has 1 N–H and O–H groups in total. The summed E-state index contributed by atoms with van der Waals surface area (Å²) in [6.45, 7) is 6.44. The van der Waals surface area contributed by atoms with Crippen molar-refractivity contribution < 1.29 is 14.5 Å². The van der Waals surface area contributed by atoms with E-state index in [0.717, 1.165) is 11.3 Å². The van der Waals surface area contributed by atoms with E-state index < -0.39 is 10.8 Å². The van der Waals surface area contributed by atoms with Crippen LogP contribution in [-0.4, -0.2) is 22.5 Å². The molecule has 3 aromatic rings. The number of nitro groups is 1. The molecule has 34 heavy (non-hydrogen) atoms. The van der Waals surface area contributed by atoms with Gasteiger partial charge < -0.3 is 5.32 Å². The lowest BCUT2D eigenvalue weighted by atomic mass is 9.87. The van der Waals surface area contributed by atoms with Gasteiger partial charge in [-0.15, -0.1) is 11.8 Å². The molecule has 0 saturated carbocycles. The van der Waals surface area contributed by atoms with Crippen molar-refractivity contribution in [2.24, 2.45) is 0 Å². The van der Waals surface area contributed by atoms with Crippen LogP contribution in [0.3, 0.4) is 0 Å². The average molecular weight is 476 g/mol. The molecule has 0 radical (unpaired) electrons. The first kappa shape index (κ1) is 23.5. The number of thioether (sulfide) groups is 1. The lowest BCUT2D eigenvalue weighted by molar-refractivity contribution is -0.384. The Bertz CT molecular complexity index is 1250. The quantitative estimate of drug-likeness (QED) is 0.365. The smallest absolute Gasteiger partial charge is 0.270 e. The van der Waals surface area contributed by atoms with E-state index in [2.05, 4.69) is 38.2 Å². The number of amides is 2. The lowest BCUT2D eigenvalue weighted by Gasteiger charge is -2.26. The zero-order valence-corrected chi connectivity index (χ0v) is 20.0. The molecule has 3 aromatic carbocycles. The SMILES string of the molecule is CC(C)(C)c1ccc(N2C(=O)CS[C@H]2c2cccc(NC(=O)c3cccc([N+](=O)[O-])c3)c2)cc1. The van der Waals surface area contributed by atoms with Crippen LogP contribution in [0.5, 0.6) is 0 Å². The van der Waals surface area contributed by atoms with E-state index in [0.29, 0.717) is 11.4 Å². The highest BCUT2D eigenvalue weighted by Gasteiger charge is 2.34. The lowest BCUT2D eigenvalue weighted by Crippen LogP contribution is -2.28. The number of hydrogen-bond donors (Lipinski definition) is 1. The topological polar surface area (TPSA) is 92.6 Å². The van der Waals surface area contributed by atoms with Crippen molar-refractivity contribution >= 4 is 40.6 Å². The third kappa shape index (κ3) is 4.97. The Labute approximate surface area is 202 Å². The van der Waals surface area contributed by atoms with E-state index in [1.165, 1.54) is 41.6 Å². The minimum Gasteiger partial charge on any atom is -0.322 e. The Kier molecular flexibility index (Phi) is 6.43. The Morgan fingerprint density at radius 2 is 1.76 bits per heavy atom. The minimum absolute atomic E-state index is 0.0213. The molecule has 0 aliphatic carbocycles. The van der Waals surface area contributed by atoms with Crippen molar-refractivity contribution in [3.05, 3.63) is 99.6 Å². The maximum Gasteiger partial charge on any atom is 0.270 e. The van der Waals surface area contributed by atoms with Crippen LogP contribution < -0.4 is 10.2 Å². The molecule has 0 aromatic heterocycles. The van der Waals surface area contributed by atoms with Crippen molar-refractivity contribution in [3.63, 3.8) is 0 Å². The molecule has 7 nitrogen and oxygen atoms in total. The summed E-state index contributed by atoms with van der Waals surface area (Å²) in [7, 11) is 0.